The highest BCUT2D eigenvalue weighted by molar-refractivity contribution is 7.18. The van der Waals surface area contributed by atoms with Crippen LogP contribution in [0.3, 0.4) is 0 Å². The molecule has 2 aromatic carbocycles. The number of carbonyl (C=O) groups is 1. The molecule has 0 radical (unpaired) electrons. The number of anilines is 2. The van der Waals surface area contributed by atoms with E-state index in [1.807, 2.05) is 66.3 Å². The number of para-hydroxylation sites is 1. The van der Waals surface area contributed by atoms with Crippen molar-refractivity contribution in [3.8, 4) is 16.9 Å². The third kappa shape index (κ3) is 4.69. The maximum atomic E-state index is 13.1. The van der Waals surface area contributed by atoms with E-state index in [1.165, 1.54) is 0 Å². The van der Waals surface area contributed by atoms with Crippen LogP contribution in [0.25, 0.3) is 38.2 Å². The third-order valence-electron chi connectivity index (χ3n) is 6.41. The number of nitrogens with two attached hydrogens (primary N) is 1. The molecule has 7 nitrogen and oxygen atoms in total. The Morgan fingerprint density at radius 3 is 2.84 bits per heavy atom. The number of benzene rings is 2. The van der Waals surface area contributed by atoms with Crippen LogP contribution in [0.4, 0.5) is 11.5 Å². The van der Waals surface area contributed by atoms with E-state index in [4.69, 9.17) is 10.5 Å². The summed E-state index contributed by atoms with van der Waals surface area (Å²) in [6, 6.07) is 15.6. The molecule has 0 fully saturated rings. The van der Waals surface area contributed by atoms with Gasteiger partial charge in [0.1, 0.15) is 17.3 Å². The van der Waals surface area contributed by atoms with E-state index in [0.717, 1.165) is 50.8 Å². The van der Waals surface area contributed by atoms with E-state index >= 15 is 0 Å². The number of rotatable bonds is 8. The average molecular weight is 512 g/mol. The SMILES string of the molecule is CCNCC=Cc1cnc(N)c2c(-c3ccc(NC(=O)c4cc5ccccc5n4C)c(OC)c3)csc12. The van der Waals surface area contributed by atoms with E-state index in [-0.39, 0.29) is 5.91 Å². The molecule has 3 aromatic heterocycles. The van der Waals surface area contributed by atoms with Gasteiger partial charge < -0.3 is 25.7 Å². The number of methoxy groups -OCH3 is 1. The predicted octanol–water partition coefficient (Wildman–Crippen LogP) is 5.92. The molecule has 0 aliphatic carbocycles. The van der Waals surface area contributed by atoms with Crippen molar-refractivity contribution in [2.24, 2.45) is 7.05 Å². The smallest absolute Gasteiger partial charge is 0.272 e. The van der Waals surface area contributed by atoms with Crippen molar-refractivity contribution in [3.05, 3.63) is 77.4 Å². The minimum Gasteiger partial charge on any atom is -0.495 e. The number of likely N-dealkylation sites (N-methyl/N-ethyl adjacent to an activating group) is 1. The Morgan fingerprint density at radius 1 is 1.22 bits per heavy atom. The topological polar surface area (TPSA) is 94.2 Å². The van der Waals surface area contributed by atoms with E-state index < -0.39 is 0 Å². The van der Waals surface area contributed by atoms with Crippen LogP contribution >= 0.6 is 11.3 Å². The second-order valence-electron chi connectivity index (χ2n) is 8.68. The van der Waals surface area contributed by atoms with Crippen LogP contribution in [0, 0.1) is 0 Å². The molecule has 4 N–H and O–H groups in total. The zero-order chi connectivity index (χ0) is 25.9. The number of aromatic nitrogens is 2. The first-order valence-corrected chi connectivity index (χ1v) is 13.0. The Bertz CT molecular complexity index is 1630. The Kier molecular flexibility index (Phi) is 6.94. The number of nitrogen functional groups attached to an aromatic ring is 1. The molecule has 0 atom stereocenters. The van der Waals surface area contributed by atoms with E-state index in [2.05, 4.69) is 40.1 Å². The second kappa shape index (κ2) is 10.5. The van der Waals surface area contributed by atoms with Crippen LogP contribution in [0.15, 0.2) is 66.2 Å². The fourth-order valence-corrected chi connectivity index (χ4v) is 5.57. The number of hydrogen-bond donors (Lipinski definition) is 3. The highest BCUT2D eigenvalue weighted by atomic mass is 32.1. The van der Waals surface area contributed by atoms with Crippen molar-refractivity contribution in [3.63, 3.8) is 0 Å². The molecule has 0 saturated carbocycles. The molecular formula is C29H29N5O2S. The summed E-state index contributed by atoms with van der Waals surface area (Å²) in [6.45, 7) is 3.80. The van der Waals surface area contributed by atoms with Crippen LogP contribution in [0.2, 0.25) is 0 Å². The molecule has 3 heterocycles. The van der Waals surface area contributed by atoms with Crippen molar-refractivity contribution in [2.45, 2.75) is 6.92 Å². The normalized spacial score (nSPS) is 11.5. The maximum absolute atomic E-state index is 13.1. The lowest BCUT2D eigenvalue weighted by Crippen LogP contribution is -2.16. The lowest BCUT2D eigenvalue weighted by Gasteiger charge is -2.13. The fourth-order valence-electron chi connectivity index (χ4n) is 4.49. The molecule has 0 unspecified atom stereocenters. The Hall–Kier alpha value is -4.14. The average Bonchev–Trinajstić information content (AvgIpc) is 3.51. The number of fused-ring (bicyclic) bond motifs is 2. The van der Waals surface area contributed by atoms with Gasteiger partial charge in [0.25, 0.3) is 5.91 Å². The van der Waals surface area contributed by atoms with Gasteiger partial charge in [0, 0.05) is 51.9 Å². The van der Waals surface area contributed by atoms with E-state index in [1.54, 1.807) is 18.4 Å². The molecule has 5 aromatic rings. The number of hydrogen-bond acceptors (Lipinski definition) is 6. The summed E-state index contributed by atoms with van der Waals surface area (Å²) in [4.78, 5) is 17.6. The molecule has 37 heavy (non-hydrogen) atoms. The van der Waals surface area contributed by atoms with Crippen LogP contribution in [0.5, 0.6) is 5.75 Å². The van der Waals surface area contributed by atoms with Crippen molar-refractivity contribution >= 4 is 55.8 Å². The third-order valence-corrected chi connectivity index (χ3v) is 7.44. The number of ether oxygens (including phenoxy) is 1. The van der Waals surface area contributed by atoms with Gasteiger partial charge >= 0.3 is 0 Å². The van der Waals surface area contributed by atoms with Gasteiger partial charge in [0.15, 0.2) is 0 Å². The zero-order valence-electron chi connectivity index (χ0n) is 21.0. The molecule has 0 spiro atoms. The first-order valence-electron chi connectivity index (χ1n) is 12.1. The highest BCUT2D eigenvalue weighted by Crippen LogP contribution is 2.41. The lowest BCUT2D eigenvalue weighted by molar-refractivity contribution is 0.101. The molecule has 5 rings (SSSR count). The molecule has 0 aliphatic rings. The number of aryl methyl sites for hydroxylation is 1. The molecule has 0 bridgehead atoms. The van der Waals surface area contributed by atoms with Gasteiger partial charge in [-0.15, -0.1) is 11.3 Å². The number of nitrogens with zero attached hydrogens (tertiary/aromatic N) is 2. The lowest BCUT2D eigenvalue weighted by atomic mass is 10.0. The van der Waals surface area contributed by atoms with Gasteiger partial charge in [-0.1, -0.05) is 43.3 Å². The summed E-state index contributed by atoms with van der Waals surface area (Å²) in [5.41, 5.74) is 11.5. The quantitative estimate of drug-likeness (QED) is 0.225. The Balaban J connectivity index is 1.46. The Labute approximate surface area is 219 Å². The molecular weight excluding hydrogens is 482 g/mol. The first-order chi connectivity index (χ1) is 18.0. The number of thiophene rings is 1. The minimum absolute atomic E-state index is 0.201. The van der Waals surface area contributed by atoms with Gasteiger partial charge in [-0.05, 0) is 41.8 Å². The number of carbonyl (C=O) groups excluding carboxylic acids is 1. The predicted molar refractivity (Wildman–Crippen MR) is 154 cm³/mol. The number of amides is 1. The first kappa shape index (κ1) is 24.5. The van der Waals surface area contributed by atoms with E-state index in [9.17, 15) is 4.79 Å². The van der Waals surface area contributed by atoms with Crippen molar-refractivity contribution in [2.75, 3.05) is 31.2 Å². The molecule has 188 valence electrons. The maximum Gasteiger partial charge on any atom is 0.272 e. The summed E-state index contributed by atoms with van der Waals surface area (Å²) >= 11 is 1.64. The van der Waals surface area contributed by atoms with Crippen LogP contribution < -0.4 is 21.1 Å². The molecule has 1 amide bonds. The number of pyridine rings is 1. The monoisotopic (exact) mass is 511 g/mol. The van der Waals surface area contributed by atoms with Crippen LogP contribution in [0.1, 0.15) is 23.0 Å². The summed E-state index contributed by atoms with van der Waals surface area (Å²) < 4.78 is 8.65. The van der Waals surface area contributed by atoms with E-state index in [0.29, 0.717) is 22.9 Å². The van der Waals surface area contributed by atoms with Crippen molar-refractivity contribution < 1.29 is 9.53 Å². The van der Waals surface area contributed by atoms with Gasteiger partial charge in [0.05, 0.1) is 12.8 Å². The van der Waals surface area contributed by atoms with Gasteiger partial charge in [-0.3, -0.25) is 4.79 Å². The standard InChI is InChI=1S/C29H29N5O2S/c1-4-31-13-7-9-20-16-32-28(30)26-21(17-37-27(20)26)18-11-12-22(25(15-18)36-3)33-29(35)24-14-19-8-5-6-10-23(19)34(24)2/h5-12,14-17,31H,4,13H2,1-3H3,(H2,30,32)(H,33,35). The minimum atomic E-state index is -0.201. The highest BCUT2D eigenvalue weighted by Gasteiger charge is 2.18. The van der Waals surface area contributed by atoms with Crippen molar-refractivity contribution in [1.82, 2.24) is 14.9 Å². The summed E-state index contributed by atoms with van der Waals surface area (Å²) in [5.74, 6) is 0.854. The fraction of sp³-hybridized carbons (Fsp3) is 0.172. The van der Waals surface area contributed by atoms with Crippen molar-refractivity contribution in [1.29, 1.82) is 0 Å². The molecule has 0 aliphatic heterocycles. The van der Waals surface area contributed by atoms with Crippen LogP contribution in [-0.4, -0.2) is 35.7 Å². The zero-order valence-corrected chi connectivity index (χ0v) is 21.9. The summed E-state index contributed by atoms with van der Waals surface area (Å²) in [6.07, 6.45) is 5.97. The largest absolute Gasteiger partial charge is 0.495 e. The molecule has 0 saturated heterocycles. The Morgan fingerprint density at radius 2 is 2.05 bits per heavy atom. The van der Waals surface area contributed by atoms with Gasteiger partial charge in [-0.2, -0.15) is 0 Å². The summed E-state index contributed by atoms with van der Waals surface area (Å²) in [5, 5.41) is 10.3. The van der Waals surface area contributed by atoms with Gasteiger partial charge in [-0.25, -0.2) is 4.98 Å². The second-order valence-corrected chi connectivity index (χ2v) is 9.56. The summed E-state index contributed by atoms with van der Waals surface area (Å²) in [7, 11) is 3.49. The number of nitrogens with one attached hydrogen (secondary N) is 2. The van der Waals surface area contributed by atoms with Gasteiger partial charge in [0.2, 0.25) is 0 Å². The molecule has 8 heteroatoms. The van der Waals surface area contributed by atoms with Crippen LogP contribution in [-0.2, 0) is 7.05 Å².